The van der Waals surface area contributed by atoms with E-state index in [0.29, 0.717) is 5.95 Å². The topological polar surface area (TPSA) is 70.7 Å². The summed E-state index contributed by atoms with van der Waals surface area (Å²) < 4.78 is 0. The van der Waals surface area contributed by atoms with Crippen LogP contribution in [-0.4, -0.2) is 32.1 Å². The Morgan fingerprint density at radius 1 is 1.77 bits per heavy atom. The van der Waals surface area contributed by atoms with Crippen LogP contribution in [0.1, 0.15) is 12.8 Å². The van der Waals surface area contributed by atoms with Gasteiger partial charge in [0, 0.05) is 0 Å². The van der Waals surface area contributed by atoms with E-state index in [-0.39, 0.29) is 11.2 Å². The fourth-order valence-corrected chi connectivity index (χ4v) is 2.41. The van der Waals surface area contributed by atoms with Crippen molar-refractivity contribution in [1.82, 2.24) is 15.2 Å². The largest absolute Gasteiger partial charge is 0.294 e. The highest BCUT2D eigenvalue weighted by Crippen LogP contribution is 2.26. The van der Waals surface area contributed by atoms with Crippen molar-refractivity contribution in [2.75, 3.05) is 11.1 Å². The zero-order valence-corrected chi connectivity index (χ0v) is 7.80. The van der Waals surface area contributed by atoms with Gasteiger partial charge < -0.3 is 0 Å². The van der Waals surface area contributed by atoms with Crippen LogP contribution < -0.4 is 5.32 Å². The average molecular weight is 198 g/mol. The third-order valence-electron chi connectivity index (χ3n) is 1.88. The SMILES string of the molecule is O=C(Nc1ncn[nH]1)C1CCCS1. The molecule has 0 saturated carbocycles. The lowest BCUT2D eigenvalue weighted by Crippen LogP contribution is -2.23. The smallest absolute Gasteiger partial charge is 0.239 e. The van der Waals surface area contributed by atoms with Gasteiger partial charge in [0.15, 0.2) is 0 Å². The Balaban J connectivity index is 1.91. The number of nitrogens with one attached hydrogen (secondary N) is 2. The molecular weight excluding hydrogens is 188 g/mol. The molecule has 5 nitrogen and oxygen atoms in total. The number of hydrogen-bond acceptors (Lipinski definition) is 4. The lowest BCUT2D eigenvalue weighted by atomic mass is 10.2. The number of amides is 1. The average Bonchev–Trinajstić information content (AvgIpc) is 2.74. The molecule has 2 N–H and O–H groups in total. The summed E-state index contributed by atoms with van der Waals surface area (Å²) in [5, 5.41) is 9.00. The third kappa shape index (κ3) is 2.00. The lowest BCUT2D eigenvalue weighted by molar-refractivity contribution is -0.115. The number of aromatic nitrogens is 3. The van der Waals surface area contributed by atoms with Gasteiger partial charge >= 0.3 is 0 Å². The molecule has 0 spiro atoms. The van der Waals surface area contributed by atoms with E-state index in [0.717, 1.165) is 18.6 Å². The Hall–Kier alpha value is -1.04. The second-order valence-electron chi connectivity index (χ2n) is 2.82. The number of H-pyrrole nitrogens is 1. The summed E-state index contributed by atoms with van der Waals surface area (Å²) in [7, 11) is 0. The van der Waals surface area contributed by atoms with Gasteiger partial charge in [-0.3, -0.25) is 10.1 Å². The van der Waals surface area contributed by atoms with Crippen molar-refractivity contribution in [2.45, 2.75) is 18.1 Å². The number of nitrogens with zero attached hydrogens (tertiary/aromatic N) is 2. The van der Waals surface area contributed by atoms with Crippen LogP contribution in [0, 0.1) is 0 Å². The van der Waals surface area contributed by atoms with E-state index in [2.05, 4.69) is 20.5 Å². The molecule has 13 heavy (non-hydrogen) atoms. The quantitative estimate of drug-likeness (QED) is 0.731. The molecule has 2 rings (SSSR count). The van der Waals surface area contributed by atoms with Crippen LogP contribution in [0.25, 0.3) is 0 Å². The molecule has 6 heteroatoms. The number of thioether (sulfide) groups is 1. The Morgan fingerprint density at radius 3 is 3.31 bits per heavy atom. The summed E-state index contributed by atoms with van der Waals surface area (Å²) in [6.45, 7) is 0. The van der Waals surface area contributed by atoms with Gasteiger partial charge in [0.2, 0.25) is 11.9 Å². The fraction of sp³-hybridized carbons (Fsp3) is 0.571. The summed E-state index contributed by atoms with van der Waals surface area (Å²) in [6, 6.07) is 0. The molecule has 1 amide bonds. The van der Waals surface area contributed by atoms with Crippen LogP contribution >= 0.6 is 11.8 Å². The van der Waals surface area contributed by atoms with Crippen molar-refractivity contribution in [3.63, 3.8) is 0 Å². The molecule has 2 heterocycles. The second-order valence-corrected chi connectivity index (χ2v) is 4.14. The van der Waals surface area contributed by atoms with E-state index in [4.69, 9.17) is 0 Å². The lowest BCUT2D eigenvalue weighted by Gasteiger charge is -2.06. The maximum absolute atomic E-state index is 11.5. The van der Waals surface area contributed by atoms with Crippen molar-refractivity contribution < 1.29 is 4.79 Å². The van der Waals surface area contributed by atoms with E-state index < -0.39 is 0 Å². The second kappa shape index (κ2) is 3.78. The standard InChI is InChI=1S/C7H10N4OS/c12-6(5-2-1-3-13-5)10-7-8-4-9-11-7/h4-5H,1-3H2,(H2,8,9,10,11,12). The molecule has 1 atom stereocenters. The van der Waals surface area contributed by atoms with Crippen LogP contribution in [0.2, 0.25) is 0 Å². The first kappa shape index (κ1) is 8.55. The van der Waals surface area contributed by atoms with Gasteiger partial charge in [0.1, 0.15) is 6.33 Å². The third-order valence-corrected chi connectivity index (χ3v) is 3.26. The maximum atomic E-state index is 11.5. The van der Waals surface area contributed by atoms with Crippen molar-refractivity contribution in [3.05, 3.63) is 6.33 Å². The highest BCUT2D eigenvalue weighted by atomic mass is 32.2. The van der Waals surface area contributed by atoms with Crippen LogP contribution in [0.15, 0.2) is 6.33 Å². The van der Waals surface area contributed by atoms with Gasteiger partial charge in [-0.05, 0) is 18.6 Å². The number of carbonyl (C=O) groups excluding carboxylic acids is 1. The zero-order chi connectivity index (χ0) is 9.10. The van der Waals surface area contributed by atoms with Gasteiger partial charge in [0.25, 0.3) is 0 Å². The number of hydrogen-bond donors (Lipinski definition) is 2. The Kier molecular flexibility index (Phi) is 2.49. The van der Waals surface area contributed by atoms with Crippen LogP contribution in [0.5, 0.6) is 0 Å². The van der Waals surface area contributed by atoms with Crippen LogP contribution in [-0.2, 0) is 4.79 Å². The molecule has 1 aliphatic heterocycles. The summed E-state index contributed by atoms with van der Waals surface area (Å²) in [4.78, 5) is 15.3. The normalized spacial score (nSPS) is 21.7. The first-order chi connectivity index (χ1) is 6.36. The van der Waals surface area contributed by atoms with Gasteiger partial charge in [-0.25, -0.2) is 5.10 Å². The monoisotopic (exact) mass is 198 g/mol. The van der Waals surface area contributed by atoms with Gasteiger partial charge in [-0.1, -0.05) is 0 Å². The summed E-state index contributed by atoms with van der Waals surface area (Å²) >= 11 is 1.70. The van der Waals surface area contributed by atoms with Crippen molar-refractivity contribution >= 4 is 23.6 Å². The van der Waals surface area contributed by atoms with E-state index in [9.17, 15) is 4.79 Å². The van der Waals surface area contributed by atoms with Crippen molar-refractivity contribution in [2.24, 2.45) is 0 Å². The van der Waals surface area contributed by atoms with Gasteiger partial charge in [0.05, 0.1) is 5.25 Å². The number of aromatic amines is 1. The summed E-state index contributed by atoms with van der Waals surface area (Å²) in [5.41, 5.74) is 0. The van der Waals surface area contributed by atoms with E-state index in [1.807, 2.05) is 0 Å². The predicted octanol–water partition coefficient (Wildman–Crippen LogP) is 0.639. The Bertz CT molecular complexity index is 281. The molecule has 1 unspecified atom stereocenters. The number of rotatable bonds is 2. The highest BCUT2D eigenvalue weighted by Gasteiger charge is 2.23. The Labute approximate surface area is 79.7 Å². The highest BCUT2D eigenvalue weighted by molar-refractivity contribution is 8.00. The van der Waals surface area contributed by atoms with Crippen molar-refractivity contribution in [1.29, 1.82) is 0 Å². The molecule has 1 aromatic heterocycles. The molecule has 1 aliphatic rings. The van der Waals surface area contributed by atoms with Gasteiger partial charge in [-0.15, -0.1) is 11.8 Å². The molecule has 0 radical (unpaired) electrons. The minimum absolute atomic E-state index is 0.0271. The molecule has 1 aromatic rings. The molecule has 70 valence electrons. The molecule has 1 fully saturated rings. The Morgan fingerprint density at radius 2 is 2.69 bits per heavy atom. The number of carbonyl (C=O) groups is 1. The molecule has 1 saturated heterocycles. The molecule has 0 aromatic carbocycles. The fourth-order valence-electron chi connectivity index (χ4n) is 1.25. The minimum Gasteiger partial charge on any atom is -0.294 e. The van der Waals surface area contributed by atoms with Crippen LogP contribution in [0.3, 0.4) is 0 Å². The zero-order valence-electron chi connectivity index (χ0n) is 6.99. The predicted molar refractivity (Wildman–Crippen MR) is 50.5 cm³/mol. The molecule has 0 aliphatic carbocycles. The van der Waals surface area contributed by atoms with Gasteiger partial charge in [-0.2, -0.15) is 10.1 Å². The van der Waals surface area contributed by atoms with E-state index in [1.165, 1.54) is 6.33 Å². The molecule has 0 bridgehead atoms. The minimum atomic E-state index is 0.0271. The summed E-state index contributed by atoms with van der Waals surface area (Å²) in [5.74, 6) is 1.53. The summed E-state index contributed by atoms with van der Waals surface area (Å²) in [6.07, 6.45) is 3.46. The van der Waals surface area contributed by atoms with E-state index in [1.54, 1.807) is 11.8 Å². The van der Waals surface area contributed by atoms with Crippen LogP contribution in [0.4, 0.5) is 5.95 Å². The first-order valence-corrected chi connectivity index (χ1v) is 5.19. The maximum Gasteiger partial charge on any atom is 0.239 e. The molecular formula is C7H10N4OS. The number of anilines is 1. The van der Waals surface area contributed by atoms with Crippen molar-refractivity contribution in [3.8, 4) is 0 Å². The first-order valence-electron chi connectivity index (χ1n) is 4.14. The van der Waals surface area contributed by atoms with E-state index >= 15 is 0 Å².